The maximum Gasteiger partial charge on any atom is 0.122 e. The molecule has 1 aromatic heterocycles. The molecule has 0 N–H and O–H groups in total. The van der Waals surface area contributed by atoms with Crippen molar-refractivity contribution >= 4 is 0 Å². The molecule has 1 aliphatic rings. The minimum Gasteiger partial charge on any atom is -0.490 e. The van der Waals surface area contributed by atoms with E-state index in [9.17, 15) is 0 Å². The molecule has 1 aliphatic heterocycles. The Kier molecular flexibility index (Phi) is 4.48. The van der Waals surface area contributed by atoms with Crippen LogP contribution in [0.3, 0.4) is 0 Å². The fraction of sp³-hybridized carbons (Fsp3) is 0.500. The van der Waals surface area contributed by atoms with Gasteiger partial charge in [0, 0.05) is 32.5 Å². The molecule has 1 saturated heterocycles. The van der Waals surface area contributed by atoms with Gasteiger partial charge in [0.1, 0.15) is 17.7 Å². The van der Waals surface area contributed by atoms with Gasteiger partial charge in [-0.25, -0.2) is 4.98 Å². The molecule has 0 saturated carbocycles. The number of likely N-dealkylation sites (tertiary alicyclic amines) is 1. The van der Waals surface area contributed by atoms with Crippen LogP contribution in [0.2, 0.25) is 0 Å². The van der Waals surface area contributed by atoms with Crippen LogP contribution in [0, 0.1) is 13.8 Å². The van der Waals surface area contributed by atoms with Gasteiger partial charge in [0.15, 0.2) is 0 Å². The Labute approximate surface area is 132 Å². The first-order chi connectivity index (χ1) is 10.6. The van der Waals surface area contributed by atoms with Crippen molar-refractivity contribution in [3.05, 3.63) is 47.5 Å². The molecule has 0 spiro atoms. The number of hydrogen-bond donors (Lipinski definition) is 0. The summed E-state index contributed by atoms with van der Waals surface area (Å²) in [5, 5.41) is 0. The Morgan fingerprint density at radius 2 is 2.00 bits per heavy atom. The van der Waals surface area contributed by atoms with Crippen LogP contribution in [0.4, 0.5) is 0 Å². The van der Waals surface area contributed by atoms with E-state index in [-0.39, 0.29) is 0 Å². The molecule has 2 aromatic rings. The zero-order valence-electron chi connectivity index (χ0n) is 13.7. The van der Waals surface area contributed by atoms with Crippen molar-refractivity contribution in [2.45, 2.75) is 39.3 Å². The molecular weight excluding hydrogens is 274 g/mol. The van der Waals surface area contributed by atoms with Crippen molar-refractivity contribution < 1.29 is 4.74 Å². The van der Waals surface area contributed by atoms with E-state index < -0.39 is 0 Å². The molecular formula is C18H25N3O. The number of ether oxygens (including phenoxy) is 1. The van der Waals surface area contributed by atoms with Crippen molar-refractivity contribution in [3.8, 4) is 5.75 Å². The van der Waals surface area contributed by atoms with Gasteiger partial charge in [0.2, 0.25) is 0 Å². The zero-order valence-corrected chi connectivity index (χ0v) is 13.7. The van der Waals surface area contributed by atoms with E-state index in [0.717, 1.165) is 44.0 Å². The first-order valence-electron chi connectivity index (χ1n) is 8.04. The largest absolute Gasteiger partial charge is 0.490 e. The summed E-state index contributed by atoms with van der Waals surface area (Å²) in [4.78, 5) is 6.87. The van der Waals surface area contributed by atoms with Gasteiger partial charge >= 0.3 is 0 Å². The minimum atomic E-state index is 0.332. The molecule has 0 atom stereocenters. The van der Waals surface area contributed by atoms with E-state index in [2.05, 4.69) is 53.5 Å². The van der Waals surface area contributed by atoms with Crippen LogP contribution in [0.5, 0.6) is 5.75 Å². The van der Waals surface area contributed by atoms with Crippen LogP contribution in [0.1, 0.15) is 29.8 Å². The smallest absolute Gasteiger partial charge is 0.122 e. The summed E-state index contributed by atoms with van der Waals surface area (Å²) in [7, 11) is 2.05. The number of nitrogens with zero attached hydrogens (tertiary/aromatic N) is 3. The Morgan fingerprint density at radius 1 is 1.23 bits per heavy atom. The highest BCUT2D eigenvalue weighted by Crippen LogP contribution is 2.24. The molecule has 0 bridgehead atoms. The summed E-state index contributed by atoms with van der Waals surface area (Å²) in [5.41, 5.74) is 2.48. The Hall–Kier alpha value is -1.81. The van der Waals surface area contributed by atoms with Gasteiger partial charge in [-0.15, -0.1) is 0 Å². The number of imidazole rings is 1. The predicted molar refractivity (Wildman–Crippen MR) is 88.1 cm³/mol. The second kappa shape index (κ2) is 6.53. The monoisotopic (exact) mass is 299 g/mol. The maximum absolute atomic E-state index is 6.23. The van der Waals surface area contributed by atoms with Crippen LogP contribution in [-0.2, 0) is 13.6 Å². The number of aryl methyl sites for hydroxylation is 3. The second-order valence-electron chi connectivity index (χ2n) is 6.32. The lowest BCUT2D eigenvalue weighted by molar-refractivity contribution is 0.0943. The molecule has 4 heteroatoms. The predicted octanol–water partition coefficient (Wildman–Crippen LogP) is 3.08. The molecule has 0 aliphatic carbocycles. The molecule has 1 fully saturated rings. The van der Waals surface area contributed by atoms with Crippen molar-refractivity contribution in [1.82, 2.24) is 14.5 Å². The molecule has 118 valence electrons. The van der Waals surface area contributed by atoms with Gasteiger partial charge in [0.25, 0.3) is 0 Å². The van der Waals surface area contributed by atoms with Gasteiger partial charge in [0.05, 0.1) is 6.54 Å². The fourth-order valence-electron chi connectivity index (χ4n) is 2.95. The third kappa shape index (κ3) is 3.50. The lowest BCUT2D eigenvalue weighted by atomic mass is 10.1. The standard InChI is InChI=1S/C18H25N3O/c1-14-4-5-15(2)17(12-14)22-16-6-9-21(10-7-16)13-18-19-8-11-20(18)3/h4-5,8,11-12,16H,6-7,9-10,13H2,1-3H3. The van der Waals surface area contributed by atoms with Crippen molar-refractivity contribution in [1.29, 1.82) is 0 Å². The summed E-state index contributed by atoms with van der Waals surface area (Å²) in [6.45, 7) is 7.30. The summed E-state index contributed by atoms with van der Waals surface area (Å²) in [5.74, 6) is 2.18. The van der Waals surface area contributed by atoms with Crippen LogP contribution >= 0.6 is 0 Å². The fourth-order valence-corrected chi connectivity index (χ4v) is 2.95. The zero-order chi connectivity index (χ0) is 15.5. The number of piperidine rings is 1. The third-order valence-electron chi connectivity index (χ3n) is 4.46. The average Bonchev–Trinajstić information content (AvgIpc) is 2.90. The highest BCUT2D eigenvalue weighted by molar-refractivity contribution is 5.36. The Balaban J connectivity index is 1.53. The van der Waals surface area contributed by atoms with Crippen LogP contribution < -0.4 is 4.74 Å². The van der Waals surface area contributed by atoms with Crippen LogP contribution in [0.25, 0.3) is 0 Å². The lowest BCUT2D eigenvalue weighted by Gasteiger charge is -2.32. The molecule has 2 heterocycles. The highest BCUT2D eigenvalue weighted by Gasteiger charge is 2.21. The second-order valence-corrected chi connectivity index (χ2v) is 6.32. The molecule has 4 nitrogen and oxygen atoms in total. The number of benzene rings is 1. The quantitative estimate of drug-likeness (QED) is 0.869. The molecule has 1 aromatic carbocycles. The van der Waals surface area contributed by atoms with Crippen molar-refractivity contribution in [2.24, 2.45) is 7.05 Å². The SMILES string of the molecule is Cc1ccc(C)c(OC2CCN(Cc3nccn3C)CC2)c1. The van der Waals surface area contributed by atoms with Crippen molar-refractivity contribution in [2.75, 3.05) is 13.1 Å². The Bertz CT molecular complexity index is 627. The van der Waals surface area contributed by atoms with E-state index in [1.807, 2.05) is 12.4 Å². The van der Waals surface area contributed by atoms with Gasteiger partial charge in [-0.2, -0.15) is 0 Å². The number of rotatable bonds is 4. The molecule has 3 rings (SSSR count). The van der Waals surface area contributed by atoms with E-state index in [0.29, 0.717) is 6.10 Å². The van der Waals surface area contributed by atoms with E-state index in [4.69, 9.17) is 4.74 Å². The summed E-state index contributed by atoms with van der Waals surface area (Å²) in [6, 6.07) is 6.42. The summed E-state index contributed by atoms with van der Waals surface area (Å²) in [6.07, 6.45) is 6.37. The van der Waals surface area contributed by atoms with Crippen LogP contribution in [-0.4, -0.2) is 33.6 Å². The van der Waals surface area contributed by atoms with Gasteiger partial charge in [-0.3, -0.25) is 4.90 Å². The highest BCUT2D eigenvalue weighted by atomic mass is 16.5. The molecule has 0 amide bonds. The molecule has 22 heavy (non-hydrogen) atoms. The lowest BCUT2D eigenvalue weighted by Crippen LogP contribution is -2.38. The normalized spacial score (nSPS) is 16.9. The van der Waals surface area contributed by atoms with Gasteiger partial charge in [-0.1, -0.05) is 12.1 Å². The maximum atomic E-state index is 6.23. The first-order valence-corrected chi connectivity index (χ1v) is 8.04. The topological polar surface area (TPSA) is 30.3 Å². The van der Waals surface area contributed by atoms with E-state index >= 15 is 0 Å². The molecule has 0 unspecified atom stereocenters. The van der Waals surface area contributed by atoms with Crippen molar-refractivity contribution in [3.63, 3.8) is 0 Å². The van der Waals surface area contributed by atoms with Gasteiger partial charge < -0.3 is 9.30 Å². The number of hydrogen-bond acceptors (Lipinski definition) is 3. The summed E-state index contributed by atoms with van der Waals surface area (Å²) >= 11 is 0. The average molecular weight is 299 g/mol. The third-order valence-corrected chi connectivity index (χ3v) is 4.46. The summed E-state index contributed by atoms with van der Waals surface area (Å²) < 4.78 is 8.32. The first kappa shape index (κ1) is 15.1. The van der Waals surface area contributed by atoms with Crippen LogP contribution in [0.15, 0.2) is 30.6 Å². The van der Waals surface area contributed by atoms with E-state index in [1.165, 1.54) is 11.1 Å². The Morgan fingerprint density at radius 3 is 2.68 bits per heavy atom. The minimum absolute atomic E-state index is 0.332. The van der Waals surface area contributed by atoms with Gasteiger partial charge in [-0.05, 0) is 43.9 Å². The van der Waals surface area contributed by atoms with E-state index in [1.54, 1.807) is 0 Å². The molecule has 0 radical (unpaired) electrons. The number of aromatic nitrogens is 2.